The van der Waals surface area contributed by atoms with Crippen molar-refractivity contribution in [1.82, 2.24) is 10.2 Å². The van der Waals surface area contributed by atoms with E-state index in [4.69, 9.17) is 4.99 Å². The van der Waals surface area contributed by atoms with Crippen molar-refractivity contribution in [1.29, 1.82) is 0 Å². The summed E-state index contributed by atoms with van der Waals surface area (Å²) in [6.45, 7) is 2.12. The molecule has 4 nitrogen and oxygen atoms in total. The Kier molecular flexibility index (Phi) is 3.68. The van der Waals surface area contributed by atoms with Crippen molar-refractivity contribution >= 4 is 33.9 Å². The Morgan fingerprint density at radius 2 is 2.30 bits per heavy atom. The van der Waals surface area contributed by atoms with E-state index in [1.807, 2.05) is 11.8 Å². The Morgan fingerprint density at radius 3 is 3.25 bits per heavy atom. The van der Waals surface area contributed by atoms with Crippen LogP contribution in [-0.2, 0) is 0 Å². The van der Waals surface area contributed by atoms with Gasteiger partial charge in [-0.25, -0.2) is 0 Å². The van der Waals surface area contributed by atoms with Gasteiger partial charge in [-0.3, -0.25) is 9.98 Å². The number of thioether (sulfide) groups is 2. The minimum atomic E-state index is 0.547. The maximum atomic E-state index is 4.86. The van der Waals surface area contributed by atoms with Crippen LogP contribution < -0.4 is 5.32 Å². The van der Waals surface area contributed by atoms with Gasteiger partial charge in [0.25, 0.3) is 0 Å². The first-order valence-corrected chi connectivity index (χ1v) is 9.41. The van der Waals surface area contributed by atoms with Crippen LogP contribution in [0.4, 0.5) is 0 Å². The summed E-state index contributed by atoms with van der Waals surface area (Å²) in [4.78, 5) is 11.8. The highest BCUT2D eigenvalue weighted by Crippen LogP contribution is 2.32. The van der Waals surface area contributed by atoms with Crippen LogP contribution in [0.5, 0.6) is 0 Å². The summed E-state index contributed by atoms with van der Waals surface area (Å²) in [5.74, 6) is 1.01. The average Bonchev–Trinajstić information content (AvgIpc) is 3.08. The van der Waals surface area contributed by atoms with Crippen LogP contribution >= 0.6 is 23.5 Å². The molecule has 0 saturated heterocycles. The van der Waals surface area contributed by atoms with Crippen LogP contribution in [0.1, 0.15) is 32.1 Å². The molecule has 1 aliphatic carbocycles. The molecule has 20 heavy (non-hydrogen) atoms. The predicted octanol–water partition coefficient (Wildman–Crippen LogP) is 2.64. The fourth-order valence-electron chi connectivity index (χ4n) is 3.25. The van der Waals surface area contributed by atoms with Crippen molar-refractivity contribution in [3.05, 3.63) is 11.1 Å². The summed E-state index contributed by atoms with van der Waals surface area (Å²) in [6.07, 6.45) is 6.44. The van der Waals surface area contributed by atoms with Gasteiger partial charge in [0.2, 0.25) is 0 Å². The highest BCUT2D eigenvalue weighted by Gasteiger charge is 2.31. The second-order valence-electron chi connectivity index (χ2n) is 5.72. The largest absolute Gasteiger partial charge is 0.360 e. The summed E-state index contributed by atoms with van der Waals surface area (Å²) in [5.41, 5.74) is 1.40. The maximum absolute atomic E-state index is 4.86. The number of hydrogen-bond donors (Lipinski definition) is 1. The summed E-state index contributed by atoms with van der Waals surface area (Å²) >= 11 is 3.64. The molecule has 6 heteroatoms. The third-order valence-electron chi connectivity index (χ3n) is 4.34. The number of nitrogens with one attached hydrogen (secondary N) is 1. The van der Waals surface area contributed by atoms with Crippen LogP contribution in [-0.4, -0.2) is 46.2 Å². The molecule has 4 aliphatic rings. The first kappa shape index (κ1) is 13.1. The van der Waals surface area contributed by atoms with Gasteiger partial charge in [0.05, 0.1) is 12.1 Å². The van der Waals surface area contributed by atoms with E-state index in [0.29, 0.717) is 12.1 Å². The van der Waals surface area contributed by atoms with Crippen molar-refractivity contribution in [3.8, 4) is 0 Å². The maximum Gasteiger partial charge on any atom is 0.167 e. The van der Waals surface area contributed by atoms with Gasteiger partial charge in [0.15, 0.2) is 10.3 Å². The molecule has 0 amide bonds. The number of aliphatic imine (C=N–C) groups is 2. The molecule has 3 heterocycles. The third kappa shape index (κ3) is 2.48. The Hall–Kier alpha value is -0.620. The minimum Gasteiger partial charge on any atom is -0.360 e. The van der Waals surface area contributed by atoms with Crippen LogP contribution in [0.2, 0.25) is 0 Å². The Bertz CT molecular complexity index is 486. The number of nitrogens with zero attached hydrogens (tertiary/aromatic N) is 3. The Balaban J connectivity index is 1.35. The van der Waals surface area contributed by atoms with E-state index in [0.717, 1.165) is 24.0 Å². The summed E-state index contributed by atoms with van der Waals surface area (Å²) in [6, 6.07) is 1.16. The molecular weight excluding hydrogens is 288 g/mol. The molecule has 1 unspecified atom stereocenters. The van der Waals surface area contributed by atoms with Gasteiger partial charge in [-0.05, 0) is 24.7 Å². The standard InChI is InChI=1S/C14H20N4S2/c1-2-5-12-11(4-1)16-13(17-12)19-8-10-9-20-14-15-6-3-7-18(10)14/h9,11-12H,1-8H2,(H,16,17)/t11-,12?/m1/s1. The van der Waals surface area contributed by atoms with E-state index in [-0.39, 0.29) is 0 Å². The second-order valence-corrected chi connectivity index (χ2v) is 7.52. The number of rotatable bonds is 2. The first-order chi connectivity index (χ1) is 9.90. The quantitative estimate of drug-likeness (QED) is 0.851. The SMILES string of the molecule is C1=C(CSC2=N[C@@H]3CCCCC3N2)N2CCCN=C2S1. The molecule has 3 aliphatic heterocycles. The second kappa shape index (κ2) is 5.64. The number of fused-ring (bicyclic) bond motifs is 2. The lowest BCUT2D eigenvalue weighted by atomic mass is 9.92. The zero-order valence-corrected chi connectivity index (χ0v) is 13.2. The zero-order valence-electron chi connectivity index (χ0n) is 11.5. The molecule has 0 bridgehead atoms. The van der Waals surface area contributed by atoms with E-state index >= 15 is 0 Å². The van der Waals surface area contributed by atoms with Crippen molar-refractivity contribution in [2.45, 2.75) is 44.2 Å². The smallest absolute Gasteiger partial charge is 0.167 e. The molecule has 0 spiro atoms. The average molecular weight is 308 g/mol. The van der Waals surface area contributed by atoms with Crippen molar-refractivity contribution < 1.29 is 0 Å². The van der Waals surface area contributed by atoms with Gasteiger partial charge in [-0.1, -0.05) is 36.4 Å². The predicted molar refractivity (Wildman–Crippen MR) is 88.4 cm³/mol. The van der Waals surface area contributed by atoms with Gasteiger partial charge >= 0.3 is 0 Å². The molecule has 0 aromatic rings. The van der Waals surface area contributed by atoms with Gasteiger partial charge < -0.3 is 10.2 Å². The molecule has 1 saturated carbocycles. The number of hydrogen-bond acceptors (Lipinski definition) is 6. The fourth-order valence-corrected chi connectivity index (χ4v) is 5.28. The van der Waals surface area contributed by atoms with E-state index in [1.54, 1.807) is 11.8 Å². The molecule has 0 aromatic heterocycles. The van der Waals surface area contributed by atoms with E-state index in [1.165, 1.54) is 43.0 Å². The minimum absolute atomic E-state index is 0.547. The highest BCUT2D eigenvalue weighted by atomic mass is 32.2. The monoisotopic (exact) mass is 308 g/mol. The molecule has 0 aromatic carbocycles. The molecule has 2 atom stereocenters. The lowest BCUT2D eigenvalue weighted by Crippen LogP contribution is -2.36. The van der Waals surface area contributed by atoms with Gasteiger partial charge in [-0.2, -0.15) is 0 Å². The van der Waals surface area contributed by atoms with Crippen LogP contribution in [0.15, 0.2) is 21.1 Å². The van der Waals surface area contributed by atoms with E-state index in [9.17, 15) is 0 Å². The topological polar surface area (TPSA) is 40.0 Å². The lowest BCUT2D eigenvalue weighted by molar-refractivity contribution is 0.385. The normalized spacial score (nSPS) is 32.0. The van der Waals surface area contributed by atoms with Crippen LogP contribution in [0.25, 0.3) is 0 Å². The molecular formula is C14H20N4S2. The fraction of sp³-hybridized carbons (Fsp3) is 0.714. The molecule has 4 rings (SSSR count). The molecule has 1 fully saturated rings. The lowest BCUT2D eigenvalue weighted by Gasteiger charge is -2.25. The van der Waals surface area contributed by atoms with Crippen LogP contribution in [0, 0.1) is 0 Å². The Labute approximate surface area is 128 Å². The highest BCUT2D eigenvalue weighted by molar-refractivity contribution is 8.17. The zero-order chi connectivity index (χ0) is 13.4. The van der Waals surface area contributed by atoms with Gasteiger partial charge in [-0.15, -0.1) is 0 Å². The van der Waals surface area contributed by atoms with Gasteiger partial charge in [0.1, 0.15) is 0 Å². The molecule has 1 N–H and O–H groups in total. The van der Waals surface area contributed by atoms with E-state index in [2.05, 4.69) is 20.6 Å². The van der Waals surface area contributed by atoms with Crippen molar-refractivity contribution in [3.63, 3.8) is 0 Å². The molecule has 0 radical (unpaired) electrons. The molecule has 108 valence electrons. The van der Waals surface area contributed by atoms with Crippen molar-refractivity contribution in [2.75, 3.05) is 18.8 Å². The van der Waals surface area contributed by atoms with Crippen LogP contribution in [0.3, 0.4) is 0 Å². The van der Waals surface area contributed by atoms with Gasteiger partial charge in [0, 0.05) is 24.5 Å². The third-order valence-corrected chi connectivity index (χ3v) is 6.23. The van der Waals surface area contributed by atoms with Crippen molar-refractivity contribution in [2.24, 2.45) is 9.98 Å². The number of amidine groups is 2. The Morgan fingerprint density at radius 1 is 1.35 bits per heavy atom. The summed E-state index contributed by atoms with van der Waals surface area (Å²) in [7, 11) is 0. The first-order valence-electron chi connectivity index (χ1n) is 7.55. The summed E-state index contributed by atoms with van der Waals surface area (Å²) < 4.78 is 0. The van der Waals surface area contributed by atoms with E-state index < -0.39 is 0 Å². The summed E-state index contributed by atoms with van der Waals surface area (Å²) in [5, 5.41) is 8.24.